The molecule has 4 rings (SSSR count). The van der Waals surface area contributed by atoms with Gasteiger partial charge in [0, 0.05) is 22.4 Å². The maximum absolute atomic E-state index is 9.50. The van der Waals surface area contributed by atoms with Gasteiger partial charge in [-0.2, -0.15) is 0 Å². The molecule has 4 heteroatoms. The second-order valence-electron chi connectivity index (χ2n) is 6.69. The molecule has 0 unspecified atom stereocenters. The highest BCUT2D eigenvalue weighted by atomic mass is 19.1. The van der Waals surface area contributed by atoms with Crippen LogP contribution in [0.25, 0.3) is 21.8 Å². The van der Waals surface area contributed by atoms with E-state index in [2.05, 4.69) is 29.8 Å². The van der Waals surface area contributed by atoms with Crippen LogP contribution in [0.3, 0.4) is 0 Å². The van der Waals surface area contributed by atoms with Crippen molar-refractivity contribution in [2.24, 2.45) is 0 Å². The normalized spacial score (nSPS) is 11.4. The van der Waals surface area contributed by atoms with E-state index in [0.29, 0.717) is 13.8 Å². The minimum Gasteiger partial charge on any atom is -0.487 e. The maximum Gasteiger partial charge on any atom is 0.147 e. The van der Waals surface area contributed by atoms with Crippen molar-refractivity contribution in [1.82, 2.24) is 4.98 Å². The zero-order chi connectivity index (χ0) is 22.1. The largest absolute Gasteiger partial charge is 0.487 e. The highest BCUT2D eigenvalue weighted by molar-refractivity contribution is 6.09. The van der Waals surface area contributed by atoms with Gasteiger partial charge in [0.05, 0.1) is 12.7 Å². The maximum atomic E-state index is 9.50. The molecule has 0 atom stereocenters. The molecule has 0 saturated carbocycles. The van der Waals surface area contributed by atoms with Gasteiger partial charge in [-0.3, -0.25) is 4.39 Å². The molecule has 0 amide bonds. The number of hydrogen-bond donors (Lipinski definition) is 1. The Kier molecular flexibility index (Phi) is 7.66. The van der Waals surface area contributed by atoms with E-state index in [1.165, 1.54) is 0 Å². The number of halogens is 1. The molecule has 0 bridgehead atoms. The summed E-state index contributed by atoms with van der Waals surface area (Å²) in [6.07, 6.45) is 7.77. The lowest BCUT2D eigenvalue weighted by Gasteiger charge is -2.11. The summed E-state index contributed by atoms with van der Waals surface area (Å²) in [5.74, 6) is 2.27. The van der Waals surface area contributed by atoms with Gasteiger partial charge in [0.1, 0.15) is 23.9 Å². The fraction of sp³-hybridized carbons (Fsp3) is 0.111. The number of fused-ring (bicyclic) bond motifs is 3. The van der Waals surface area contributed by atoms with E-state index in [4.69, 9.17) is 9.47 Å². The topological polar surface area (TPSA) is 34.2 Å². The summed E-state index contributed by atoms with van der Waals surface area (Å²) in [4.78, 5) is 3.48. The minimum absolute atomic E-state index is 0.424. The van der Waals surface area contributed by atoms with Crippen LogP contribution in [0, 0.1) is 0 Å². The van der Waals surface area contributed by atoms with Crippen LogP contribution in [-0.2, 0) is 0 Å². The first-order chi connectivity index (χ1) is 15.3. The summed E-state index contributed by atoms with van der Waals surface area (Å²) in [7, 11) is 0.500. The zero-order valence-electron chi connectivity index (χ0n) is 17.8. The highest BCUT2D eigenvalue weighted by Crippen LogP contribution is 2.37. The number of aromatic nitrogens is 1. The molecule has 1 aromatic heterocycles. The second kappa shape index (κ2) is 10.8. The lowest BCUT2D eigenvalue weighted by Crippen LogP contribution is -2.00. The average molecular weight is 416 g/mol. The third-order valence-corrected chi connectivity index (χ3v) is 4.69. The van der Waals surface area contributed by atoms with Gasteiger partial charge in [0.25, 0.3) is 0 Å². The molecule has 0 spiro atoms. The lowest BCUT2D eigenvalue weighted by atomic mass is 10.1. The summed E-state index contributed by atoms with van der Waals surface area (Å²) in [6, 6.07) is 22.0. The highest BCUT2D eigenvalue weighted by Gasteiger charge is 2.13. The molecule has 0 aliphatic carbocycles. The molecule has 1 heterocycles. The summed E-state index contributed by atoms with van der Waals surface area (Å²) in [5.41, 5.74) is 3.03. The number of nitrogens with one attached hydrogen (secondary N) is 1. The first kappa shape index (κ1) is 21.9. The van der Waals surface area contributed by atoms with Gasteiger partial charge in [-0.1, -0.05) is 67.3 Å². The molecular weight excluding hydrogens is 389 g/mol. The number of para-hydroxylation sites is 2. The molecule has 3 aromatic carbocycles. The van der Waals surface area contributed by atoms with E-state index in [-0.39, 0.29) is 0 Å². The smallest absolute Gasteiger partial charge is 0.147 e. The molecule has 31 heavy (non-hydrogen) atoms. The van der Waals surface area contributed by atoms with Gasteiger partial charge in [0.15, 0.2) is 0 Å². The van der Waals surface area contributed by atoms with Gasteiger partial charge >= 0.3 is 0 Å². The number of hydrogen-bond acceptors (Lipinski definition) is 2. The molecule has 4 aromatic rings. The average Bonchev–Trinajstić information content (AvgIpc) is 3.20. The van der Waals surface area contributed by atoms with E-state index in [1.54, 1.807) is 0 Å². The second-order valence-corrected chi connectivity index (χ2v) is 6.69. The van der Waals surface area contributed by atoms with Crippen LogP contribution in [-0.4, -0.2) is 18.8 Å². The first-order valence-electron chi connectivity index (χ1n) is 10.0. The number of aromatic amines is 1. The van der Waals surface area contributed by atoms with Crippen molar-refractivity contribution in [3.05, 3.63) is 103 Å². The standard InChI is InChI=1S/C26H23NO2.CH3F/c1-3-5-11-19(4-2)18-28-25-17-21(29-20-12-7-6-8-13-20)16-23-22-14-9-10-15-24(22)27-26(23)25;1-2/h3-17,27H,2,18H2,1H3;1H3/b5-3-,19-11+;. The van der Waals surface area contributed by atoms with Crippen molar-refractivity contribution in [1.29, 1.82) is 0 Å². The van der Waals surface area contributed by atoms with Crippen molar-refractivity contribution < 1.29 is 13.9 Å². The molecule has 158 valence electrons. The number of benzene rings is 3. The van der Waals surface area contributed by atoms with Crippen LogP contribution in [0.5, 0.6) is 17.2 Å². The SMILES string of the molecule is C=C/C(=C\C=C/C)COc1cc(Oc2ccccc2)cc2c1[nH]c1ccccc12.CF. The Balaban J connectivity index is 0.00000132. The molecule has 1 N–H and O–H groups in total. The Labute approximate surface area is 182 Å². The Hall–Kier alpha value is -3.79. The van der Waals surface area contributed by atoms with Crippen molar-refractivity contribution in [2.45, 2.75) is 6.92 Å². The molecule has 0 aliphatic rings. The van der Waals surface area contributed by atoms with E-state index < -0.39 is 0 Å². The Morgan fingerprint density at radius 2 is 1.71 bits per heavy atom. The Bertz CT molecular complexity index is 1210. The summed E-state index contributed by atoms with van der Waals surface area (Å²) >= 11 is 0. The van der Waals surface area contributed by atoms with Crippen LogP contribution in [0.15, 0.2) is 103 Å². The molecule has 0 fully saturated rings. The third-order valence-electron chi connectivity index (χ3n) is 4.69. The third kappa shape index (κ3) is 5.23. The minimum atomic E-state index is 0.424. The quantitative estimate of drug-likeness (QED) is 0.313. The molecule has 3 nitrogen and oxygen atoms in total. The molecule has 0 aliphatic heterocycles. The Morgan fingerprint density at radius 1 is 0.968 bits per heavy atom. The fourth-order valence-corrected chi connectivity index (χ4v) is 3.25. The van der Waals surface area contributed by atoms with Gasteiger partial charge in [-0.15, -0.1) is 0 Å². The van der Waals surface area contributed by atoms with Crippen molar-refractivity contribution in [3.63, 3.8) is 0 Å². The molecular formula is C27H26FNO2. The van der Waals surface area contributed by atoms with E-state index in [9.17, 15) is 4.39 Å². The fourth-order valence-electron chi connectivity index (χ4n) is 3.25. The number of rotatable bonds is 7. The first-order valence-corrected chi connectivity index (χ1v) is 10.0. The number of alkyl halides is 1. The van der Waals surface area contributed by atoms with E-state index in [0.717, 1.165) is 44.6 Å². The van der Waals surface area contributed by atoms with Crippen LogP contribution in [0.1, 0.15) is 6.92 Å². The summed E-state index contributed by atoms with van der Waals surface area (Å²) in [5, 5.41) is 2.21. The number of H-pyrrole nitrogens is 1. The predicted molar refractivity (Wildman–Crippen MR) is 128 cm³/mol. The molecule has 0 saturated heterocycles. The number of allylic oxidation sites excluding steroid dienone is 3. The van der Waals surface area contributed by atoms with Crippen molar-refractivity contribution in [3.8, 4) is 17.2 Å². The van der Waals surface area contributed by atoms with Crippen molar-refractivity contribution >= 4 is 21.8 Å². The summed E-state index contributed by atoms with van der Waals surface area (Å²) in [6.45, 7) is 6.29. The van der Waals surface area contributed by atoms with Gasteiger partial charge in [0.2, 0.25) is 0 Å². The van der Waals surface area contributed by atoms with E-state index >= 15 is 0 Å². The van der Waals surface area contributed by atoms with Crippen molar-refractivity contribution in [2.75, 3.05) is 13.8 Å². The number of ether oxygens (including phenoxy) is 2. The Morgan fingerprint density at radius 3 is 2.45 bits per heavy atom. The van der Waals surface area contributed by atoms with Crippen LogP contribution in [0.2, 0.25) is 0 Å². The lowest BCUT2D eigenvalue weighted by molar-refractivity contribution is 0.357. The zero-order valence-corrected chi connectivity index (χ0v) is 17.8. The monoisotopic (exact) mass is 415 g/mol. The summed E-state index contributed by atoms with van der Waals surface area (Å²) < 4.78 is 21.8. The van der Waals surface area contributed by atoms with Crippen LogP contribution >= 0.6 is 0 Å². The van der Waals surface area contributed by atoms with Gasteiger partial charge < -0.3 is 14.5 Å². The van der Waals surface area contributed by atoms with Crippen LogP contribution in [0.4, 0.5) is 4.39 Å². The van der Waals surface area contributed by atoms with Gasteiger partial charge in [-0.05, 0) is 36.8 Å². The predicted octanol–water partition coefficient (Wildman–Crippen LogP) is 7.77. The van der Waals surface area contributed by atoms with E-state index in [1.807, 2.05) is 79.8 Å². The van der Waals surface area contributed by atoms with Crippen LogP contribution < -0.4 is 9.47 Å². The molecule has 0 radical (unpaired) electrons. The van der Waals surface area contributed by atoms with Gasteiger partial charge in [-0.25, -0.2) is 0 Å².